The SMILES string of the molecule is CCOc1cccc(-c2nccc(-c3cc4n(n3)CCNC4=O)n2)c1. The van der Waals surface area contributed by atoms with E-state index in [1.165, 1.54) is 0 Å². The molecule has 1 amide bonds. The first kappa shape index (κ1) is 15.3. The Balaban J connectivity index is 1.70. The summed E-state index contributed by atoms with van der Waals surface area (Å²) in [6.07, 6.45) is 1.70. The Hall–Kier alpha value is -3.22. The van der Waals surface area contributed by atoms with Crippen LogP contribution < -0.4 is 10.1 Å². The molecule has 0 bridgehead atoms. The smallest absolute Gasteiger partial charge is 0.269 e. The lowest BCUT2D eigenvalue weighted by Gasteiger charge is -2.13. The molecule has 0 radical (unpaired) electrons. The molecule has 0 spiro atoms. The Morgan fingerprint density at radius 1 is 1.24 bits per heavy atom. The summed E-state index contributed by atoms with van der Waals surface area (Å²) in [5.74, 6) is 1.27. The van der Waals surface area contributed by atoms with E-state index >= 15 is 0 Å². The van der Waals surface area contributed by atoms with Crippen LogP contribution in [0.1, 0.15) is 17.4 Å². The lowest BCUT2D eigenvalue weighted by atomic mass is 10.2. The number of aromatic nitrogens is 4. The van der Waals surface area contributed by atoms with Crippen molar-refractivity contribution in [3.8, 4) is 28.5 Å². The van der Waals surface area contributed by atoms with E-state index in [0.29, 0.717) is 42.6 Å². The minimum atomic E-state index is -0.108. The molecule has 1 aliphatic heterocycles. The fourth-order valence-electron chi connectivity index (χ4n) is 2.79. The zero-order valence-electron chi connectivity index (χ0n) is 13.8. The molecule has 7 nitrogen and oxygen atoms in total. The van der Waals surface area contributed by atoms with Crippen molar-refractivity contribution in [2.45, 2.75) is 13.5 Å². The van der Waals surface area contributed by atoms with Crippen LogP contribution in [-0.4, -0.2) is 38.8 Å². The summed E-state index contributed by atoms with van der Waals surface area (Å²) in [6.45, 7) is 3.80. The maximum Gasteiger partial charge on any atom is 0.269 e. The Kier molecular flexibility index (Phi) is 3.89. The highest BCUT2D eigenvalue weighted by molar-refractivity contribution is 5.94. The number of ether oxygens (including phenoxy) is 1. The Bertz CT molecular complexity index is 935. The van der Waals surface area contributed by atoms with Gasteiger partial charge in [0, 0.05) is 18.3 Å². The molecule has 7 heteroatoms. The zero-order chi connectivity index (χ0) is 17.2. The molecule has 1 aromatic carbocycles. The summed E-state index contributed by atoms with van der Waals surface area (Å²) in [6, 6.07) is 11.2. The number of nitrogens with zero attached hydrogens (tertiary/aromatic N) is 4. The molecule has 1 aliphatic rings. The van der Waals surface area contributed by atoms with Gasteiger partial charge in [0.25, 0.3) is 5.91 Å². The Labute approximate surface area is 144 Å². The van der Waals surface area contributed by atoms with Gasteiger partial charge >= 0.3 is 0 Å². The van der Waals surface area contributed by atoms with Crippen molar-refractivity contribution >= 4 is 5.91 Å². The van der Waals surface area contributed by atoms with Crippen LogP contribution in [0.3, 0.4) is 0 Å². The number of hydrogen-bond donors (Lipinski definition) is 1. The number of fused-ring (bicyclic) bond motifs is 1. The number of carbonyl (C=O) groups excluding carboxylic acids is 1. The summed E-state index contributed by atoms with van der Waals surface area (Å²) >= 11 is 0. The minimum Gasteiger partial charge on any atom is -0.494 e. The van der Waals surface area contributed by atoms with E-state index in [-0.39, 0.29) is 5.91 Å². The average molecular weight is 335 g/mol. The van der Waals surface area contributed by atoms with Crippen LogP contribution in [0.25, 0.3) is 22.8 Å². The molecular formula is C18H17N5O2. The fourth-order valence-corrected chi connectivity index (χ4v) is 2.79. The van der Waals surface area contributed by atoms with Crippen LogP contribution in [0, 0.1) is 0 Å². The molecule has 0 unspecified atom stereocenters. The van der Waals surface area contributed by atoms with Gasteiger partial charge in [0.1, 0.15) is 17.1 Å². The van der Waals surface area contributed by atoms with Crippen LogP contribution in [0.2, 0.25) is 0 Å². The van der Waals surface area contributed by atoms with Crippen LogP contribution in [0.15, 0.2) is 42.6 Å². The van der Waals surface area contributed by atoms with Gasteiger partial charge in [-0.25, -0.2) is 9.97 Å². The summed E-state index contributed by atoms with van der Waals surface area (Å²) in [5, 5.41) is 7.31. The van der Waals surface area contributed by atoms with Gasteiger partial charge in [-0.05, 0) is 31.2 Å². The first-order chi connectivity index (χ1) is 12.2. The number of amides is 1. The largest absolute Gasteiger partial charge is 0.494 e. The van der Waals surface area contributed by atoms with Gasteiger partial charge in [0.2, 0.25) is 0 Å². The first-order valence-corrected chi connectivity index (χ1v) is 8.17. The van der Waals surface area contributed by atoms with Gasteiger partial charge in [-0.15, -0.1) is 0 Å². The molecule has 25 heavy (non-hydrogen) atoms. The first-order valence-electron chi connectivity index (χ1n) is 8.17. The highest BCUT2D eigenvalue weighted by Crippen LogP contribution is 2.24. The molecule has 126 valence electrons. The Morgan fingerprint density at radius 3 is 3.00 bits per heavy atom. The minimum absolute atomic E-state index is 0.108. The molecule has 0 atom stereocenters. The van der Waals surface area contributed by atoms with E-state index in [1.807, 2.05) is 31.2 Å². The van der Waals surface area contributed by atoms with E-state index < -0.39 is 0 Å². The predicted octanol–water partition coefficient (Wildman–Crippen LogP) is 2.15. The van der Waals surface area contributed by atoms with Crippen molar-refractivity contribution in [2.24, 2.45) is 0 Å². The van der Waals surface area contributed by atoms with E-state index in [0.717, 1.165) is 11.3 Å². The topological polar surface area (TPSA) is 81.9 Å². The van der Waals surface area contributed by atoms with Crippen molar-refractivity contribution in [1.82, 2.24) is 25.1 Å². The van der Waals surface area contributed by atoms with E-state index in [1.54, 1.807) is 23.0 Å². The quantitative estimate of drug-likeness (QED) is 0.790. The van der Waals surface area contributed by atoms with Crippen LogP contribution in [-0.2, 0) is 6.54 Å². The van der Waals surface area contributed by atoms with Crippen LogP contribution in [0.4, 0.5) is 0 Å². The molecule has 0 aliphatic carbocycles. The lowest BCUT2D eigenvalue weighted by molar-refractivity contribution is 0.0924. The summed E-state index contributed by atoms with van der Waals surface area (Å²) in [5.41, 5.74) is 2.77. The van der Waals surface area contributed by atoms with Gasteiger partial charge in [0.15, 0.2) is 5.82 Å². The van der Waals surface area contributed by atoms with Crippen molar-refractivity contribution in [2.75, 3.05) is 13.2 Å². The number of nitrogens with one attached hydrogen (secondary N) is 1. The van der Waals surface area contributed by atoms with Gasteiger partial charge in [-0.2, -0.15) is 5.10 Å². The van der Waals surface area contributed by atoms with Crippen LogP contribution >= 0.6 is 0 Å². The zero-order valence-corrected chi connectivity index (χ0v) is 13.8. The molecule has 0 fully saturated rings. The number of carbonyl (C=O) groups is 1. The van der Waals surface area contributed by atoms with Gasteiger partial charge in [-0.1, -0.05) is 12.1 Å². The molecule has 1 N–H and O–H groups in total. The molecule has 2 aromatic heterocycles. The normalized spacial score (nSPS) is 13.2. The molecular weight excluding hydrogens is 318 g/mol. The second-order valence-corrected chi connectivity index (χ2v) is 5.62. The highest BCUT2D eigenvalue weighted by atomic mass is 16.5. The molecule has 3 heterocycles. The lowest BCUT2D eigenvalue weighted by Crippen LogP contribution is -2.35. The number of benzene rings is 1. The summed E-state index contributed by atoms with van der Waals surface area (Å²) in [4.78, 5) is 20.9. The van der Waals surface area contributed by atoms with E-state index in [9.17, 15) is 4.79 Å². The van der Waals surface area contributed by atoms with Crippen LogP contribution in [0.5, 0.6) is 5.75 Å². The third-order valence-electron chi connectivity index (χ3n) is 3.94. The van der Waals surface area contributed by atoms with E-state index in [2.05, 4.69) is 20.4 Å². The predicted molar refractivity (Wildman–Crippen MR) is 92.2 cm³/mol. The van der Waals surface area contributed by atoms with Crippen molar-refractivity contribution < 1.29 is 9.53 Å². The third kappa shape index (κ3) is 2.96. The number of rotatable bonds is 4. The number of hydrogen-bond acceptors (Lipinski definition) is 5. The standard InChI is InChI=1S/C18H17N5O2/c1-2-25-13-5-3-4-12(10-13)17-19-7-6-14(21-17)15-11-16-18(24)20-8-9-23(16)22-15/h3-7,10-11H,2,8-9H2,1H3,(H,20,24). The second kappa shape index (κ2) is 6.35. The average Bonchev–Trinajstić information content (AvgIpc) is 3.08. The van der Waals surface area contributed by atoms with Gasteiger partial charge < -0.3 is 10.1 Å². The molecule has 4 rings (SSSR count). The molecule has 0 saturated carbocycles. The maximum atomic E-state index is 11.9. The molecule has 3 aromatic rings. The second-order valence-electron chi connectivity index (χ2n) is 5.62. The fraction of sp³-hybridized carbons (Fsp3) is 0.222. The van der Waals surface area contributed by atoms with Crippen molar-refractivity contribution in [3.63, 3.8) is 0 Å². The third-order valence-corrected chi connectivity index (χ3v) is 3.94. The summed E-state index contributed by atoms with van der Waals surface area (Å²) < 4.78 is 7.25. The Morgan fingerprint density at radius 2 is 2.16 bits per heavy atom. The molecule has 0 saturated heterocycles. The van der Waals surface area contributed by atoms with Gasteiger partial charge in [0.05, 0.1) is 18.8 Å². The maximum absolute atomic E-state index is 11.9. The van der Waals surface area contributed by atoms with Crippen molar-refractivity contribution in [1.29, 1.82) is 0 Å². The van der Waals surface area contributed by atoms with Crippen molar-refractivity contribution in [3.05, 3.63) is 48.3 Å². The van der Waals surface area contributed by atoms with E-state index in [4.69, 9.17) is 4.74 Å². The van der Waals surface area contributed by atoms with Gasteiger partial charge in [-0.3, -0.25) is 9.48 Å². The monoisotopic (exact) mass is 335 g/mol. The summed E-state index contributed by atoms with van der Waals surface area (Å²) in [7, 11) is 0. The highest BCUT2D eigenvalue weighted by Gasteiger charge is 2.20.